The van der Waals surface area contributed by atoms with Gasteiger partial charge in [-0.25, -0.2) is 4.90 Å². The average Bonchev–Trinajstić information content (AvgIpc) is 3.26. The Hall–Kier alpha value is -3.85. The predicted molar refractivity (Wildman–Crippen MR) is 107 cm³/mol. The third-order valence-corrected chi connectivity index (χ3v) is 4.99. The van der Waals surface area contributed by atoms with Crippen LogP contribution in [0.25, 0.3) is 17.4 Å². The first kappa shape index (κ1) is 18.5. The molecule has 3 aromatic rings. The van der Waals surface area contributed by atoms with Crippen LogP contribution in [0.4, 0.5) is 16.2 Å². The number of hydrogen-bond donors (Lipinski definition) is 1. The molecule has 1 aliphatic rings. The molecule has 8 nitrogen and oxygen atoms in total. The van der Waals surface area contributed by atoms with Gasteiger partial charge in [-0.3, -0.25) is 19.7 Å². The zero-order chi connectivity index (χ0) is 20.5. The number of non-ortho nitro benzene ring substituents is 1. The van der Waals surface area contributed by atoms with Crippen molar-refractivity contribution in [2.45, 2.75) is 0 Å². The fraction of sp³-hybridized carbons (Fsp3) is 0. The third-order valence-electron chi connectivity index (χ3n) is 4.12. The molecule has 144 valence electrons. The van der Waals surface area contributed by atoms with Crippen molar-refractivity contribution in [2.75, 3.05) is 4.90 Å². The predicted octanol–water partition coefficient (Wildman–Crippen LogP) is 4.80. The van der Waals surface area contributed by atoms with E-state index in [1.54, 1.807) is 30.3 Å². The Morgan fingerprint density at radius 2 is 1.86 bits per heavy atom. The molecule has 1 saturated heterocycles. The van der Waals surface area contributed by atoms with Gasteiger partial charge < -0.3 is 9.52 Å². The summed E-state index contributed by atoms with van der Waals surface area (Å²) in [7, 11) is 0. The van der Waals surface area contributed by atoms with Gasteiger partial charge in [0.15, 0.2) is 0 Å². The third kappa shape index (κ3) is 3.63. The molecule has 1 N–H and O–H groups in total. The average molecular weight is 408 g/mol. The maximum Gasteiger partial charge on any atom is 0.298 e. The lowest BCUT2D eigenvalue weighted by molar-refractivity contribution is -0.384. The van der Waals surface area contributed by atoms with Crippen LogP contribution in [0, 0.1) is 10.1 Å². The maximum absolute atomic E-state index is 12.6. The lowest BCUT2D eigenvalue weighted by Gasteiger charge is -2.12. The van der Waals surface area contributed by atoms with Gasteiger partial charge in [0.05, 0.1) is 15.5 Å². The molecule has 9 heteroatoms. The number of rotatable bonds is 4. The molecule has 0 radical (unpaired) electrons. The van der Waals surface area contributed by atoms with Gasteiger partial charge in [-0.15, -0.1) is 0 Å². The van der Waals surface area contributed by atoms with Crippen molar-refractivity contribution in [1.82, 2.24) is 0 Å². The van der Waals surface area contributed by atoms with Gasteiger partial charge >= 0.3 is 0 Å². The highest BCUT2D eigenvalue weighted by Crippen LogP contribution is 2.37. The highest BCUT2D eigenvalue weighted by molar-refractivity contribution is 8.19. The fourth-order valence-electron chi connectivity index (χ4n) is 2.81. The number of carbonyl (C=O) groups is 2. The van der Waals surface area contributed by atoms with Gasteiger partial charge in [-0.05, 0) is 36.0 Å². The lowest BCUT2D eigenvalue weighted by Crippen LogP contribution is -2.27. The topological polar surface area (TPSA) is 114 Å². The van der Waals surface area contributed by atoms with E-state index in [9.17, 15) is 24.8 Å². The van der Waals surface area contributed by atoms with Crippen LogP contribution in [-0.4, -0.2) is 21.2 Å². The molecule has 1 fully saturated rings. The summed E-state index contributed by atoms with van der Waals surface area (Å²) in [6, 6.07) is 15.1. The van der Waals surface area contributed by atoms with Crippen molar-refractivity contribution in [1.29, 1.82) is 0 Å². The number of hydrogen-bond acceptors (Lipinski definition) is 7. The van der Waals surface area contributed by atoms with Crippen LogP contribution in [0.2, 0.25) is 0 Å². The molecule has 0 spiro atoms. The number of thioether (sulfide) groups is 1. The Morgan fingerprint density at radius 3 is 2.62 bits per heavy atom. The standard InChI is InChI=1S/C20H12N2O6S/c23-15-6-2-4-13(10-15)21-19(24)18(29-20(21)25)11-16-7-8-17(28-16)12-3-1-5-14(9-12)22(26)27/h1-11,23H/b18-11-. The number of nitro groups is 1. The monoisotopic (exact) mass is 408 g/mol. The van der Waals surface area contributed by atoms with Crippen LogP contribution < -0.4 is 4.90 Å². The molecule has 0 atom stereocenters. The summed E-state index contributed by atoms with van der Waals surface area (Å²) in [5.74, 6) is 0.136. The van der Waals surface area contributed by atoms with Crippen molar-refractivity contribution < 1.29 is 24.0 Å². The van der Waals surface area contributed by atoms with Gasteiger partial charge in [-0.1, -0.05) is 18.2 Å². The number of nitro benzene ring substituents is 1. The lowest BCUT2D eigenvalue weighted by atomic mass is 10.1. The van der Waals surface area contributed by atoms with Crippen molar-refractivity contribution >= 4 is 40.4 Å². The van der Waals surface area contributed by atoms with E-state index in [1.165, 1.54) is 36.4 Å². The van der Waals surface area contributed by atoms with E-state index in [0.29, 0.717) is 17.1 Å². The fourth-order valence-corrected chi connectivity index (χ4v) is 3.63. The summed E-state index contributed by atoms with van der Waals surface area (Å²) < 4.78 is 5.68. The molecule has 2 aromatic carbocycles. The van der Waals surface area contributed by atoms with Crippen LogP contribution in [0.3, 0.4) is 0 Å². The van der Waals surface area contributed by atoms with E-state index in [2.05, 4.69) is 0 Å². The number of phenolic OH excluding ortho intramolecular Hbond substituents is 1. The van der Waals surface area contributed by atoms with Crippen LogP contribution in [0.1, 0.15) is 5.76 Å². The quantitative estimate of drug-likeness (QED) is 0.375. The van der Waals surface area contributed by atoms with Gasteiger partial charge in [0, 0.05) is 29.8 Å². The SMILES string of the molecule is O=C1S/C(=C\c2ccc(-c3cccc([N+](=O)[O-])c3)o2)C(=O)N1c1cccc(O)c1. The smallest absolute Gasteiger partial charge is 0.298 e. The Morgan fingerprint density at radius 1 is 1.07 bits per heavy atom. The van der Waals surface area contributed by atoms with Gasteiger partial charge in [0.2, 0.25) is 0 Å². The van der Waals surface area contributed by atoms with E-state index < -0.39 is 16.1 Å². The van der Waals surface area contributed by atoms with Crippen molar-refractivity contribution in [3.8, 4) is 17.1 Å². The Bertz CT molecular complexity index is 1180. The number of nitrogens with zero attached hydrogens (tertiary/aromatic N) is 2. The zero-order valence-corrected chi connectivity index (χ0v) is 15.5. The Balaban J connectivity index is 1.61. The minimum Gasteiger partial charge on any atom is -0.508 e. The molecule has 0 aliphatic carbocycles. The molecule has 4 rings (SSSR count). The summed E-state index contributed by atoms with van der Waals surface area (Å²) in [6.07, 6.45) is 1.44. The van der Waals surface area contributed by atoms with Crippen LogP contribution in [0.15, 0.2) is 70.0 Å². The number of benzene rings is 2. The van der Waals surface area contributed by atoms with E-state index in [0.717, 1.165) is 16.7 Å². The van der Waals surface area contributed by atoms with E-state index in [4.69, 9.17) is 4.42 Å². The maximum atomic E-state index is 12.6. The number of phenols is 1. The molecular weight excluding hydrogens is 396 g/mol. The molecule has 2 heterocycles. The largest absolute Gasteiger partial charge is 0.508 e. The summed E-state index contributed by atoms with van der Waals surface area (Å²) in [4.78, 5) is 36.5. The van der Waals surface area contributed by atoms with Gasteiger partial charge in [0.1, 0.15) is 17.3 Å². The first-order valence-corrected chi connectivity index (χ1v) is 9.16. The Kier molecular flexibility index (Phi) is 4.65. The molecule has 0 unspecified atom stereocenters. The summed E-state index contributed by atoms with van der Waals surface area (Å²) >= 11 is 0.756. The zero-order valence-electron chi connectivity index (χ0n) is 14.6. The van der Waals surface area contributed by atoms with Crippen molar-refractivity contribution in [2.24, 2.45) is 0 Å². The first-order chi connectivity index (χ1) is 13.9. The van der Waals surface area contributed by atoms with Crippen LogP contribution in [0.5, 0.6) is 5.75 Å². The Labute approximate surface area is 168 Å². The van der Waals surface area contributed by atoms with E-state index >= 15 is 0 Å². The van der Waals surface area contributed by atoms with E-state index in [1.807, 2.05) is 0 Å². The number of furan rings is 1. The van der Waals surface area contributed by atoms with Crippen molar-refractivity contribution in [3.63, 3.8) is 0 Å². The van der Waals surface area contributed by atoms with Crippen LogP contribution >= 0.6 is 11.8 Å². The highest BCUT2D eigenvalue weighted by atomic mass is 32.2. The molecule has 1 aliphatic heterocycles. The molecule has 1 aromatic heterocycles. The first-order valence-electron chi connectivity index (χ1n) is 8.34. The molecule has 0 saturated carbocycles. The second-order valence-corrected chi connectivity index (χ2v) is 7.04. The van der Waals surface area contributed by atoms with Crippen molar-refractivity contribution in [3.05, 3.63) is 81.4 Å². The number of imide groups is 1. The van der Waals surface area contributed by atoms with E-state index in [-0.39, 0.29) is 22.0 Å². The minimum absolute atomic E-state index is 0.0573. The van der Waals surface area contributed by atoms with Crippen LogP contribution in [-0.2, 0) is 4.79 Å². The summed E-state index contributed by atoms with van der Waals surface area (Å²) in [5.41, 5.74) is 0.729. The molecule has 2 amide bonds. The normalized spacial score (nSPS) is 15.3. The minimum atomic E-state index is -0.529. The summed E-state index contributed by atoms with van der Waals surface area (Å²) in [5, 5.41) is 20.0. The van der Waals surface area contributed by atoms with Gasteiger partial charge in [0.25, 0.3) is 16.8 Å². The number of carbonyl (C=O) groups excluding carboxylic acids is 2. The van der Waals surface area contributed by atoms with Gasteiger partial charge in [-0.2, -0.15) is 0 Å². The molecule has 29 heavy (non-hydrogen) atoms. The summed E-state index contributed by atoms with van der Waals surface area (Å²) in [6.45, 7) is 0. The second-order valence-electron chi connectivity index (χ2n) is 6.05. The second kappa shape index (κ2) is 7.28. The number of anilines is 1. The molecular formula is C20H12N2O6S. The number of amides is 2. The number of aromatic hydroxyl groups is 1. The highest BCUT2D eigenvalue weighted by Gasteiger charge is 2.36. The molecule has 0 bridgehead atoms.